The third-order valence-electron chi connectivity index (χ3n) is 7.49. The Morgan fingerprint density at radius 2 is 1.73 bits per heavy atom. The fourth-order valence-corrected chi connectivity index (χ4v) is 5.18. The fraction of sp³-hybridized carbons (Fsp3) is 0.500. The summed E-state index contributed by atoms with van der Waals surface area (Å²) < 4.78 is 22.2. The van der Waals surface area contributed by atoms with E-state index in [9.17, 15) is 50.8 Å². The maximum Gasteiger partial charge on any atom is 0.187 e. The number of hydrogen-bond donors (Lipinski definition) is 9. The Bertz CT molecular complexity index is 1250. The van der Waals surface area contributed by atoms with Crippen molar-refractivity contribution in [1.82, 2.24) is 0 Å². The molecule has 0 aliphatic carbocycles. The van der Waals surface area contributed by atoms with Crippen LogP contribution in [0.1, 0.15) is 40.1 Å². The summed E-state index contributed by atoms with van der Waals surface area (Å²) in [7, 11) is 0. The minimum absolute atomic E-state index is 0.0175. The lowest BCUT2D eigenvalue weighted by Gasteiger charge is -2.43. The monoisotopic (exact) mass is 566 g/mol. The number of fused-ring (bicyclic) bond motifs is 1. The number of benzene rings is 2. The third-order valence-corrected chi connectivity index (χ3v) is 7.49. The van der Waals surface area contributed by atoms with E-state index in [2.05, 4.69) is 0 Å². The summed E-state index contributed by atoms with van der Waals surface area (Å²) in [5.41, 5.74) is -2.22. The summed E-state index contributed by atoms with van der Waals surface area (Å²) in [6.45, 7) is -2.17. The molecule has 0 radical (unpaired) electrons. The number of phenols is 3. The predicted octanol–water partition coefficient (Wildman–Crippen LogP) is -1.51. The highest BCUT2D eigenvalue weighted by Gasteiger charge is 2.54. The van der Waals surface area contributed by atoms with E-state index in [0.717, 1.165) is 6.07 Å². The van der Waals surface area contributed by atoms with Gasteiger partial charge in [0.2, 0.25) is 0 Å². The molecule has 0 bridgehead atoms. The number of carbonyl (C=O) groups excluding carboxylic acids is 1. The van der Waals surface area contributed by atoms with Crippen LogP contribution in [0.5, 0.6) is 23.0 Å². The zero-order chi connectivity index (χ0) is 28.9. The number of Topliss-reactive ketones (excluding diaryl/α,β-unsaturated/α-hetero) is 1. The summed E-state index contributed by atoms with van der Waals surface area (Å²) in [5, 5.41) is 93.1. The third kappa shape index (κ3) is 4.76. The number of carbonyl (C=O) groups is 1. The van der Waals surface area contributed by atoms with Crippen LogP contribution in [0.3, 0.4) is 0 Å². The lowest BCUT2D eigenvalue weighted by molar-refractivity contribution is -0.286. The fourth-order valence-electron chi connectivity index (χ4n) is 5.18. The highest BCUT2D eigenvalue weighted by atomic mass is 16.7. The molecule has 0 saturated carbocycles. The molecular formula is C26H30O14. The van der Waals surface area contributed by atoms with Crippen LogP contribution in [0, 0.1) is 0 Å². The van der Waals surface area contributed by atoms with Gasteiger partial charge in [0, 0.05) is 6.07 Å². The smallest absolute Gasteiger partial charge is 0.187 e. The molecule has 14 nitrogen and oxygen atoms in total. The van der Waals surface area contributed by atoms with E-state index in [1.807, 2.05) is 0 Å². The molecule has 2 aromatic rings. The van der Waals surface area contributed by atoms with E-state index in [1.54, 1.807) is 12.1 Å². The standard InChI is InChI=1S/C26H30O14/c27-7-16-19(32)23(40-25-24(35)26(36,8-28)9-37-25)21(34)22(39-16)18-13(31)6-15-17(20(18)33)12(30)5-14(38-15)10-1-3-11(29)4-2-10/h1-4,6,14,16,19,21-25,27-29,31-36H,5,7-9H2/t14-,16+,19+,21-,22-,23-,24-,25-,26+/m0/s1. The largest absolute Gasteiger partial charge is 0.508 e. The SMILES string of the molecule is O=C1C[C@@H](c2ccc(O)cc2)Oc2cc(O)c([C@@H]3O[C@H](CO)[C@@H](O)[C@H](O[C@@H]4OC[C@](O)(CO)[C@H]4O)[C@H]3O)c(O)c21. The molecule has 40 heavy (non-hydrogen) atoms. The van der Waals surface area contributed by atoms with Gasteiger partial charge in [0.25, 0.3) is 0 Å². The molecule has 5 rings (SSSR count). The van der Waals surface area contributed by atoms with Crippen LogP contribution in [0.2, 0.25) is 0 Å². The van der Waals surface area contributed by atoms with Crippen molar-refractivity contribution in [2.75, 3.05) is 19.8 Å². The van der Waals surface area contributed by atoms with E-state index in [4.69, 9.17) is 18.9 Å². The van der Waals surface area contributed by atoms with Crippen LogP contribution in [-0.4, -0.2) is 114 Å². The summed E-state index contributed by atoms with van der Waals surface area (Å²) in [5.74, 6) is -2.08. The number of aliphatic hydroxyl groups is 6. The average Bonchev–Trinajstić information content (AvgIpc) is 3.21. The van der Waals surface area contributed by atoms with Crippen molar-refractivity contribution in [2.24, 2.45) is 0 Å². The van der Waals surface area contributed by atoms with Crippen LogP contribution >= 0.6 is 0 Å². The van der Waals surface area contributed by atoms with Gasteiger partial charge in [-0.25, -0.2) is 0 Å². The van der Waals surface area contributed by atoms with Crippen LogP contribution in [-0.2, 0) is 14.2 Å². The minimum Gasteiger partial charge on any atom is -0.508 e. The molecule has 3 aliphatic rings. The number of ether oxygens (including phenoxy) is 4. The maximum absolute atomic E-state index is 13.1. The number of rotatable bonds is 6. The highest BCUT2D eigenvalue weighted by Crippen LogP contribution is 2.49. The van der Waals surface area contributed by atoms with Gasteiger partial charge >= 0.3 is 0 Å². The highest BCUT2D eigenvalue weighted by molar-refractivity contribution is 6.03. The number of aromatic hydroxyl groups is 3. The molecule has 2 saturated heterocycles. The molecule has 0 amide bonds. The second-order valence-corrected chi connectivity index (χ2v) is 10.1. The second-order valence-electron chi connectivity index (χ2n) is 10.1. The minimum atomic E-state index is -2.06. The molecule has 3 aliphatic heterocycles. The Morgan fingerprint density at radius 3 is 2.35 bits per heavy atom. The summed E-state index contributed by atoms with van der Waals surface area (Å²) in [6.07, 6.45) is -12.7. The number of phenolic OH excluding ortho intramolecular Hbond substituents is 3. The lowest BCUT2D eigenvalue weighted by Crippen LogP contribution is -2.58. The van der Waals surface area contributed by atoms with Gasteiger partial charge < -0.3 is 64.9 Å². The molecule has 14 heteroatoms. The van der Waals surface area contributed by atoms with Gasteiger partial charge in [-0.1, -0.05) is 12.1 Å². The Labute approximate surface area is 226 Å². The van der Waals surface area contributed by atoms with Gasteiger partial charge in [0.15, 0.2) is 12.1 Å². The van der Waals surface area contributed by atoms with Crippen molar-refractivity contribution in [3.63, 3.8) is 0 Å². The van der Waals surface area contributed by atoms with Crippen molar-refractivity contribution in [2.45, 2.75) is 61.0 Å². The summed E-state index contributed by atoms with van der Waals surface area (Å²) >= 11 is 0. The Hall–Kier alpha value is -3.05. The van der Waals surface area contributed by atoms with Crippen molar-refractivity contribution in [3.05, 3.63) is 47.0 Å². The molecule has 9 N–H and O–H groups in total. The van der Waals surface area contributed by atoms with Gasteiger partial charge in [0.05, 0.1) is 31.8 Å². The second kappa shape index (κ2) is 10.7. The molecule has 2 aromatic carbocycles. The normalized spacial score (nSPS) is 35.8. The van der Waals surface area contributed by atoms with Crippen LogP contribution < -0.4 is 4.74 Å². The van der Waals surface area contributed by atoms with Gasteiger partial charge in [-0.2, -0.15) is 0 Å². The van der Waals surface area contributed by atoms with Gasteiger partial charge in [-0.05, 0) is 17.7 Å². The molecule has 0 aromatic heterocycles. The zero-order valence-corrected chi connectivity index (χ0v) is 20.9. The van der Waals surface area contributed by atoms with E-state index in [0.29, 0.717) is 5.56 Å². The van der Waals surface area contributed by atoms with Crippen LogP contribution in [0.4, 0.5) is 0 Å². The molecule has 3 heterocycles. The van der Waals surface area contributed by atoms with Crippen molar-refractivity contribution >= 4 is 5.78 Å². The number of hydrogen-bond acceptors (Lipinski definition) is 14. The first kappa shape index (κ1) is 28.5. The lowest BCUT2D eigenvalue weighted by atomic mass is 9.87. The van der Waals surface area contributed by atoms with E-state index < -0.39 is 97.3 Å². The quantitative estimate of drug-likeness (QED) is 0.193. The van der Waals surface area contributed by atoms with E-state index in [-0.39, 0.29) is 23.5 Å². The summed E-state index contributed by atoms with van der Waals surface area (Å²) in [4.78, 5) is 13.1. The maximum atomic E-state index is 13.1. The van der Waals surface area contributed by atoms with Crippen LogP contribution in [0.15, 0.2) is 30.3 Å². The molecular weight excluding hydrogens is 536 g/mol. The van der Waals surface area contributed by atoms with Crippen molar-refractivity contribution < 1.29 is 69.7 Å². The average molecular weight is 567 g/mol. The first-order valence-corrected chi connectivity index (χ1v) is 12.5. The molecule has 9 atom stereocenters. The topological polar surface area (TPSA) is 236 Å². The molecule has 0 spiro atoms. The summed E-state index contributed by atoms with van der Waals surface area (Å²) in [6, 6.07) is 7.02. The van der Waals surface area contributed by atoms with Gasteiger partial charge in [-0.3, -0.25) is 4.79 Å². The van der Waals surface area contributed by atoms with Crippen LogP contribution in [0.25, 0.3) is 0 Å². The van der Waals surface area contributed by atoms with Crippen molar-refractivity contribution in [1.29, 1.82) is 0 Å². The molecule has 2 fully saturated rings. The number of ketones is 1. The van der Waals surface area contributed by atoms with E-state index in [1.165, 1.54) is 12.1 Å². The van der Waals surface area contributed by atoms with E-state index >= 15 is 0 Å². The Balaban J connectivity index is 1.46. The molecule has 0 unspecified atom stereocenters. The number of aliphatic hydroxyl groups excluding tert-OH is 5. The first-order chi connectivity index (χ1) is 19.0. The van der Waals surface area contributed by atoms with Gasteiger partial charge in [-0.15, -0.1) is 0 Å². The Morgan fingerprint density at radius 1 is 1.02 bits per heavy atom. The Kier molecular flexibility index (Phi) is 7.64. The predicted molar refractivity (Wildman–Crippen MR) is 130 cm³/mol. The van der Waals surface area contributed by atoms with Crippen molar-refractivity contribution in [3.8, 4) is 23.0 Å². The first-order valence-electron chi connectivity index (χ1n) is 12.5. The van der Waals surface area contributed by atoms with Gasteiger partial charge in [0.1, 0.15) is 76.9 Å². The zero-order valence-electron chi connectivity index (χ0n) is 20.9. The molecule has 218 valence electrons.